The Balaban J connectivity index is 0.00000225. The number of aromatic nitrogens is 1. The number of nitrogens with one attached hydrogen (secondary N) is 1. The Labute approximate surface area is 154 Å². The van der Waals surface area contributed by atoms with Crippen LogP contribution < -0.4 is 10.1 Å². The maximum absolute atomic E-state index is 12.4. The van der Waals surface area contributed by atoms with Crippen LogP contribution in [0, 0.1) is 0 Å². The van der Waals surface area contributed by atoms with E-state index in [1.54, 1.807) is 18.3 Å². The summed E-state index contributed by atoms with van der Waals surface area (Å²) in [7, 11) is 2.09. The van der Waals surface area contributed by atoms with E-state index in [9.17, 15) is 4.79 Å². The topological polar surface area (TPSA) is 54.5 Å². The zero-order chi connectivity index (χ0) is 17.1. The SMILES string of the molecule is CC(C)Oc1ccc(C(=O)Nc2cnc3c(c2)CN(C)CC3)cc1.Cl. The molecule has 3 rings (SSSR count). The number of amides is 1. The molecular formula is C19H24ClN3O2. The minimum absolute atomic E-state index is 0. The second kappa shape index (κ2) is 8.32. The summed E-state index contributed by atoms with van der Waals surface area (Å²) < 4.78 is 5.59. The van der Waals surface area contributed by atoms with Gasteiger partial charge in [0.15, 0.2) is 0 Å². The molecule has 0 radical (unpaired) electrons. The molecule has 1 amide bonds. The van der Waals surface area contributed by atoms with Gasteiger partial charge < -0.3 is 15.0 Å². The Hall–Kier alpha value is -2.11. The molecule has 0 fully saturated rings. The molecule has 0 aliphatic carbocycles. The third kappa shape index (κ3) is 4.94. The lowest BCUT2D eigenvalue weighted by atomic mass is 10.1. The van der Waals surface area contributed by atoms with Gasteiger partial charge in [-0.2, -0.15) is 0 Å². The average Bonchev–Trinajstić information content (AvgIpc) is 2.54. The summed E-state index contributed by atoms with van der Waals surface area (Å²) in [6.07, 6.45) is 2.81. The van der Waals surface area contributed by atoms with E-state index < -0.39 is 0 Å². The molecule has 0 bridgehead atoms. The van der Waals surface area contributed by atoms with E-state index >= 15 is 0 Å². The third-order valence-electron chi connectivity index (χ3n) is 3.98. The molecule has 6 heteroatoms. The summed E-state index contributed by atoms with van der Waals surface area (Å²) in [5.74, 6) is 0.622. The number of likely N-dealkylation sites (N-methyl/N-ethyl adjacent to an activating group) is 1. The molecule has 0 saturated heterocycles. The fourth-order valence-corrected chi connectivity index (χ4v) is 2.80. The number of ether oxygens (including phenoxy) is 1. The molecule has 2 aromatic rings. The van der Waals surface area contributed by atoms with Crippen LogP contribution >= 0.6 is 12.4 Å². The molecule has 134 valence electrons. The standard InChI is InChI=1S/C19H23N3O2.ClH/c1-13(2)24-17-6-4-14(5-7-17)19(23)21-16-10-15-12-22(3)9-8-18(15)20-11-16;/h4-7,10-11,13H,8-9,12H2,1-3H3,(H,21,23);1H. The van der Waals surface area contributed by atoms with Crippen molar-refractivity contribution in [2.45, 2.75) is 32.9 Å². The van der Waals surface area contributed by atoms with Gasteiger partial charge in [-0.05, 0) is 56.8 Å². The van der Waals surface area contributed by atoms with Gasteiger partial charge in [0.05, 0.1) is 18.0 Å². The summed E-state index contributed by atoms with van der Waals surface area (Å²) >= 11 is 0. The van der Waals surface area contributed by atoms with Crippen LogP contribution in [0.4, 0.5) is 5.69 Å². The van der Waals surface area contributed by atoms with Crippen molar-refractivity contribution >= 4 is 24.0 Å². The smallest absolute Gasteiger partial charge is 0.255 e. The van der Waals surface area contributed by atoms with Crippen molar-refractivity contribution in [3.63, 3.8) is 0 Å². The van der Waals surface area contributed by atoms with Crippen molar-refractivity contribution in [3.8, 4) is 5.75 Å². The number of carbonyl (C=O) groups is 1. The van der Waals surface area contributed by atoms with Gasteiger partial charge >= 0.3 is 0 Å². The molecule has 1 aliphatic rings. The van der Waals surface area contributed by atoms with Gasteiger partial charge in [-0.3, -0.25) is 9.78 Å². The summed E-state index contributed by atoms with van der Waals surface area (Å²) in [6, 6.07) is 9.19. The Kier molecular flexibility index (Phi) is 6.39. The highest BCUT2D eigenvalue weighted by atomic mass is 35.5. The zero-order valence-corrected chi connectivity index (χ0v) is 15.6. The Morgan fingerprint density at radius 1 is 1.28 bits per heavy atom. The number of rotatable bonds is 4. The van der Waals surface area contributed by atoms with Crippen LogP contribution in [0.2, 0.25) is 0 Å². The van der Waals surface area contributed by atoms with Crippen LogP contribution in [-0.4, -0.2) is 35.5 Å². The number of pyridine rings is 1. The first-order valence-corrected chi connectivity index (χ1v) is 8.25. The predicted octanol–water partition coefficient (Wildman–Crippen LogP) is 3.53. The van der Waals surface area contributed by atoms with E-state index in [2.05, 4.69) is 22.2 Å². The molecule has 1 aromatic carbocycles. The van der Waals surface area contributed by atoms with Gasteiger partial charge in [-0.15, -0.1) is 12.4 Å². The maximum atomic E-state index is 12.4. The van der Waals surface area contributed by atoms with Gasteiger partial charge in [0.2, 0.25) is 0 Å². The molecule has 0 spiro atoms. The number of carbonyl (C=O) groups excluding carboxylic acids is 1. The minimum atomic E-state index is -0.142. The van der Waals surface area contributed by atoms with Crippen molar-refractivity contribution < 1.29 is 9.53 Å². The van der Waals surface area contributed by atoms with Crippen molar-refractivity contribution in [1.82, 2.24) is 9.88 Å². The van der Waals surface area contributed by atoms with Crippen molar-refractivity contribution in [1.29, 1.82) is 0 Å². The number of hydrogen-bond donors (Lipinski definition) is 1. The van der Waals surface area contributed by atoms with E-state index in [1.165, 1.54) is 5.56 Å². The largest absolute Gasteiger partial charge is 0.491 e. The van der Waals surface area contributed by atoms with E-state index in [-0.39, 0.29) is 24.4 Å². The van der Waals surface area contributed by atoms with Gasteiger partial charge in [0, 0.05) is 30.8 Å². The normalized spacial score (nSPS) is 13.8. The van der Waals surface area contributed by atoms with Crippen LogP contribution in [0.15, 0.2) is 36.5 Å². The Morgan fingerprint density at radius 2 is 2.00 bits per heavy atom. The van der Waals surface area contributed by atoms with Crippen LogP contribution in [0.5, 0.6) is 5.75 Å². The number of halogens is 1. The van der Waals surface area contributed by atoms with Crippen molar-refractivity contribution in [2.75, 3.05) is 18.9 Å². The molecule has 1 aromatic heterocycles. The van der Waals surface area contributed by atoms with Crippen molar-refractivity contribution in [3.05, 3.63) is 53.3 Å². The van der Waals surface area contributed by atoms with Gasteiger partial charge in [-0.25, -0.2) is 0 Å². The number of fused-ring (bicyclic) bond motifs is 1. The predicted molar refractivity (Wildman–Crippen MR) is 102 cm³/mol. The number of benzene rings is 1. The summed E-state index contributed by atoms with van der Waals surface area (Å²) in [6.45, 7) is 5.84. The first kappa shape index (κ1) is 19.2. The number of anilines is 1. The minimum Gasteiger partial charge on any atom is -0.491 e. The second-order valence-corrected chi connectivity index (χ2v) is 6.46. The number of nitrogens with zero attached hydrogens (tertiary/aromatic N) is 2. The summed E-state index contributed by atoms with van der Waals surface area (Å²) in [4.78, 5) is 19.1. The highest BCUT2D eigenvalue weighted by Crippen LogP contribution is 2.20. The zero-order valence-electron chi connectivity index (χ0n) is 14.8. The molecule has 1 aliphatic heterocycles. The van der Waals surface area contributed by atoms with Crippen LogP contribution in [0.3, 0.4) is 0 Å². The maximum Gasteiger partial charge on any atom is 0.255 e. The molecule has 2 heterocycles. The molecule has 0 atom stereocenters. The summed E-state index contributed by atoms with van der Waals surface area (Å²) in [5, 5.41) is 2.92. The monoisotopic (exact) mass is 361 g/mol. The van der Waals surface area contributed by atoms with Crippen molar-refractivity contribution in [2.24, 2.45) is 0 Å². The molecule has 0 saturated carbocycles. The highest BCUT2D eigenvalue weighted by molar-refractivity contribution is 6.04. The molecule has 1 N–H and O–H groups in total. The lowest BCUT2D eigenvalue weighted by Gasteiger charge is -2.24. The van der Waals surface area contributed by atoms with E-state index in [0.29, 0.717) is 5.56 Å². The van der Waals surface area contributed by atoms with E-state index in [0.717, 1.165) is 36.6 Å². The Bertz CT molecular complexity index is 732. The molecule has 25 heavy (non-hydrogen) atoms. The third-order valence-corrected chi connectivity index (χ3v) is 3.98. The fraction of sp³-hybridized carbons (Fsp3) is 0.368. The Morgan fingerprint density at radius 3 is 2.68 bits per heavy atom. The van der Waals surface area contributed by atoms with E-state index in [4.69, 9.17) is 4.74 Å². The van der Waals surface area contributed by atoms with Crippen LogP contribution in [0.1, 0.15) is 35.5 Å². The lowest BCUT2D eigenvalue weighted by Crippen LogP contribution is -2.27. The van der Waals surface area contributed by atoms with E-state index in [1.807, 2.05) is 32.0 Å². The van der Waals surface area contributed by atoms with Gasteiger partial charge in [-0.1, -0.05) is 0 Å². The highest BCUT2D eigenvalue weighted by Gasteiger charge is 2.15. The molecular weight excluding hydrogens is 338 g/mol. The fourth-order valence-electron chi connectivity index (χ4n) is 2.80. The quantitative estimate of drug-likeness (QED) is 0.905. The lowest BCUT2D eigenvalue weighted by molar-refractivity contribution is 0.102. The van der Waals surface area contributed by atoms with Gasteiger partial charge in [0.1, 0.15) is 5.75 Å². The molecule has 5 nitrogen and oxygen atoms in total. The van der Waals surface area contributed by atoms with Crippen LogP contribution in [-0.2, 0) is 13.0 Å². The second-order valence-electron chi connectivity index (χ2n) is 6.46. The number of hydrogen-bond acceptors (Lipinski definition) is 4. The first-order chi connectivity index (χ1) is 11.5. The van der Waals surface area contributed by atoms with Crippen LogP contribution in [0.25, 0.3) is 0 Å². The van der Waals surface area contributed by atoms with Gasteiger partial charge in [0.25, 0.3) is 5.91 Å². The first-order valence-electron chi connectivity index (χ1n) is 8.25. The average molecular weight is 362 g/mol. The summed E-state index contributed by atoms with van der Waals surface area (Å²) in [5.41, 5.74) is 3.64. The molecule has 0 unspecified atom stereocenters.